The van der Waals surface area contributed by atoms with Crippen LogP contribution in [0.2, 0.25) is 5.02 Å². The Hall–Kier alpha value is -3.13. The molecule has 0 aliphatic carbocycles. The van der Waals surface area contributed by atoms with E-state index in [-0.39, 0.29) is 24.3 Å². The highest BCUT2D eigenvalue weighted by Gasteiger charge is 2.54. The molecule has 3 aliphatic rings. The molecule has 0 saturated carbocycles. The number of benzene rings is 2. The summed E-state index contributed by atoms with van der Waals surface area (Å²) in [5, 5.41) is 0.596. The largest absolute Gasteiger partial charge is 0.328 e. The molecule has 5 rings (SSSR count). The zero-order chi connectivity index (χ0) is 21.0. The second-order valence-electron chi connectivity index (χ2n) is 7.55. The molecule has 9 heteroatoms. The lowest BCUT2D eigenvalue weighted by Gasteiger charge is -2.40. The SMILES string of the molecule is CN1C(=O)N(Cc2ccc(Cl)cc2)C(=O)C2C1N=C1N(c3ccc(F)cc3)CCN12. The number of hydrogen-bond donors (Lipinski definition) is 0. The molecule has 30 heavy (non-hydrogen) atoms. The monoisotopic (exact) mass is 427 g/mol. The van der Waals surface area contributed by atoms with Crippen molar-refractivity contribution in [1.29, 1.82) is 0 Å². The molecule has 0 bridgehead atoms. The van der Waals surface area contributed by atoms with E-state index in [1.165, 1.54) is 21.9 Å². The van der Waals surface area contributed by atoms with Crippen LogP contribution in [-0.4, -0.2) is 64.9 Å². The summed E-state index contributed by atoms with van der Waals surface area (Å²) in [6, 6.07) is 12.3. The minimum atomic E-state index is -0.579. The van der Waals surface area contributed by atoms with Crippen LogP contribution >= 0.6 is 11.6 Å². The van der Waals surface area contributed by atoms with Crippen LogP contribution in [0.15, 0.2) is 53.5 Å². The van der Waals surface area contributed by atoms with Gasteiger partial charge in [0, 0.05) is 30.8 Å². The molecule has 0 radical (unpaired) electrons. The number of halogens is 2. The summed E-state index contributed by atoms with van der Waals surface area (Å²) < 4.78 is 13.3. The second-order valence-corrected chi connectivity index (χ2v) is 7.99. The van der Waals surface area contributed by atoms with Gasteiger partial charge in [-0.2, -0.15) is 0 Å². The van der Waals surface area contributed by atoms with Crippen molar-refractivity contribution in [2.45, 2.75) is 18.8 Å². The normalized spacial score (nSPS) is 23.1. The Balaban J connectivity index is 1.43. The average Bonchev–Trinajstić information content (AvgIpc) is 3.31. The molecule has 154 valence electrons. The molecule has 0 N–H and O–H groups in total. The topological polar surface area (TPSA) is 59.5 Å². The number of carbonyl (C=O) groups is 2. The van der Waals surface area contributed by atoms with Crippen LogP contribution in [-0.2, 0) is 11.3 Å². The Kier molecular flexibility index (Phi) is 4.39. The van der Waals surface area contributed by atoms with Gasteiger partial charge < -0.3 is 14.7 Å². The quantitative estimate of drug-likeness (QED) is 0.755. The second kappa shape index (κ2) is 6.98. The number of hydrogen-bond acceptors (Lipinski definition) is 5. The molecule has 2 aromatic rings. The summed E-state index contributed by atoms with van der Waals surface area (Å²) in [6.45, 7) is 1.41. The molecule has 0 aromatic heterocycles. The van der Waals surface area contributed by atoms with E-state index in [1.807, 2.05) is 9.80 Å². The van der Waals surface area contributed by atoms with Gasteiger partial charge in [-0.1, -0.05) is 23.7 Å². The van der Waals surface area contributed by atoms with Crippen molar-refractivity contribution in [3.05, 3.63) is 64.9 Å². The maximum atomic E-state index is 13.3. The summed E-state index contributed by atoms with van der Waals surface area (Å²) in [5.74, 6) is 0.0610. The molecule has 7 nitrogen and oxygen atoms in total. The van der Waals surface area contributed by atoms with E-state index in [9.17, 15) is 14.0 Å². The van der Waals surface area contributed by atoms with Crippen molar-refractivity contribution >= 4 is 35.2 Å². The number of anilines is 1. The molecule has 3 amide bonds. The fourth-order valence-electron chi connectivity index (χ4n) is 4.22. The summed E-state index contributed by atoms with van der Waals surface area (Å²) in [5.41, 5.74) is 1.62. The van der Waals surface area contributed by atoms with Gasteiger partial charge in [0.05, 0.1) is 6.54 Å². The summed E-state index contributed by atoms with van der Waals surface area (Å²) in [7, 11) is 1.66. The highest BCUT2D eigenvalue weighted by Crippen LogP contribution is 2.33. The third kappa shape index (κ3) is 2.90. The molecule has 2 saturated heterocycles. The van der Waals surface area contributed by atoms with Gasteiger partial charge in [0.25, 0.3) is 5.91 Å². The molecule has 2 atom stereocenters. The van der Waals surface area contributed by atoms with Crippen LogP contribution in [0.5, 0.6) is 0 Å². The number of imide groups is 1. The van der Waals surface area contributed by atoms with E-state index >= 15 is 0 Å². The average molecular weight is 428 g/mol. The van der Waals surface area contributed by atoms with Gasteiger partial charge >= 0.3 is 6.03 Å². The van der Waals surface area contributed by atoms with Gasteiger partial charge in [-0.15, -0.1) is 0 Å². The highest BCUT2D eigenvalue weighted by atomic mass is 35.5. The molecule has 3 heterocycles. The Labute approximate surface area is 177 Å². The highest BCUT2D eigenvalue weighted by molar-refractivity contribution is 6.30. The smallest absolute Gasteiger partial charge is 0.325 e. The lowest BCUT2D eigenvalue weighted by molar-refractivity contribution is -0.137. The first kappa shape index (κ1) is 18.9. The molecular formula is C21H19ClFN5O2. The predicted octanol–water partition coefficient (Wildman–Crippen LogP) is 2.76. The summed E-state index contributed by atoms with van der Waals surface area (Å²) >= 11 is 5.94. The maximum Gasteiger partial charge on any atom is 0.328 e. The van der Waals surface area contributed by atoms with Crippen LogP contribution < -0.4 is 4.90 Å². The number of carbonyl (C=O) groups excluding carboxylic acids is 2. The standard InChI is InChI=1S/C21H19ClFN5O2/c1-25-18-17(19(29)28(21(25)30)12-13-2-4-14(22)5-3-13)27-11-10-26(20(27)24-18)16-8-6-15(23)7-9-16/h2-9,17-18H,10-12H2,1H3. The van der Waals surface area contributed by atoms with E-state index in [0.717, 1.165) is 11.3 Å². The van der Waals surface area contributed by atoms with Crippen LogP contribution in [0.1, 0.15) is 5.56 Å². The number of urea groups is 1. The first-order chi connectivity index (χ1) is 14.4. The van der Waals surface area contributed by atoms with E-state index < -0.39 is 12.2 Å². The maximum absolute atomic E-state index is 13.3. The van der Waals surface area contributed by atoms with Crippen molar-refractivity contribution in [2.24, 2.45) is 4.99 Å². The van der Waals surface area contributed by atoms with Gasteiger partial charge in [-0.3, -0.25) is 9.69 Å². The Morgan fingerprint density at radius 2 is 1.77 bits per heavy atom. The molecule has 2 fully saturated rings. The molecule has 3 aliphatic heterocycles. The van der Waals surface area contributed by atoms with E-state index in [1.54, 1.807) is 43.4 Å². The number of aliphatic imine (C=N–C) groups is 1. The van der Waals surface area contributed by atoms with Crippen molar-refractivity contribution in [2.75, 3.05) is 25.0 Å². The number of guanidine groups is 1. The van der Waals surface area contributed by atoms with E-state index in [4.69, 9.17) is 16.6 Å². The number of amides is 3. The van der Waals surface area contributed by atoms with Crippen LogP contribution in [0.25, 0.3) is 0 Å². The number of nitrogens with zero attached hydrogens (tertiary/aromatic N) is 5. The number of rotatable bonds is 3. The Morgan fingerprint density at radius 1 is 1.07 bits per heavy atom. The lowest BCUT2D eigenvalue weighted by atomic mass is 10.1. The summed E-state index contributed by atoms with van der Waals surface area (Å²) in [4.78, 5) is 37.6. The molecule has 0 spiro atoms. The van der Waals surface area contributed by atoms with Crippen molar-refractivity contribution in [1.82, 2.24) is 14.7 Å². The van der Waals surface area contributed by atoms with Gasteiger partial charge in [-0.05, 0) is 42.0 Å². The summed E-state index contributed by atoms with van der Waals surface area (Å²) in [6.07, 6.45) is -0.579. The molecule has 2 unspecified atom stereocenters. The molecule has 2 aromatic carbocycles. The Morgan fingerprint density at radius 3 is 2.47 bits per heavy atom. The fraction of sp³-hybridized carbons (Fsp3) is 0.286. The van der Waals surface area contributed by atoms with Gasteiger partial charge in [0.1, 0.15) is 5.82 Å². The minimum Gasteiger partial charge on any atom is -0.325 e. The first-order valence-corrected chi connectivity index (χ1v) is 10.0. The van der Waals surface area contributed by atoms with Crippen LogP contribution in [0.3, 0.4) is 0 Å². The predicted molar refractivity (Wildman–Crippen MR) is 111 cm³/mol. The zero-order valence-electron chi connectivity index (χ0n) is 16.2. The van der Waals surface area contributed by atoms with Crippen molar-refractivity contribution in [3.63, 3.8) is 0 Å². The van der Waals surface area contributed by atoms with Gasteiger partial charge in [0.15, 0.2) is 12.2 Å². The van der Waals surface area contributed by atoms with Crippen molar-refractivity contribution < 1.29 is 14.0 Å². The molecular weight excluding hydrogens is 409 g/mol. The van der Waals surface area contributed by atoms with Crippen LogP contribution in [0, 0.1) is 5.82 Å². The zero-order valence-corrected chi connectivity index (χ0v) is 17.0. The lowest BCUT2D eigenvalue weighted by Crippen LogP contribution is -2.64. The third-order valence-corrected chi connectivity index (χ3v) is 6.02. The minimum absolute atomic E-state index is 0.174. The van der Waals surface area contributed by atoms with Gasteiger partial charge in [0.2, 0.25) is 5.96 Å². The van der Waals surface area contributed by atoms with E-state index in [0.29, 0.717) is 24.1 Å². The first-order valence-electron chi connectivity index (χ1n) is 9.64. The number of likely N-dealkylation sites (N-methyl/N-ethyl adjacent to an activating group) is 1. The van der Waals surface area contributed by atoms with Crippen molar-refractivity contribution in [3.8, 4) is 0 Å². The van der Waals surface area contributed by atoms with E-state index in [2.05, 4.69) is 0 Å². The Bertz CT molecular complexity index is 1040. The van der Waals surface area contributed by atoms with Crippen LogP contribution in [0.4, 0.5) is 14.9 Å². The third-order valence-electron chi connectivity index (χ3n) is 5.77. The number of fused-ring (bicyclic) bond motifs is 3. The fourth-order valence-corrected chi connectivity index (χ4v) is 4.35. The van der Waals surface area contributed by atoms with Gasteiger partial charge in [-0.25, -0.2) is 14.2 Å².